The van der Waals surface area contributed by atoms with Crippen LogP contribution in [0.2, 0.25) is 0 Å². The number of nitrogens with zero attached hydrogens (tertiary/aromatic N) is 2. The average Bonchev–Trinajstić information content (AvgIpc) is 2.40. The summed E-state index contributed by atoms with van der Waals surface area (Å²) in [5.74, 6) is 0.890. The Hall–Kier alpha value is -1.96. The van der Waals surface area contributed by atoms with Gasteiger partial charge in [0, 0.05) is 24.6 Å². The van der Waals surface area contributed by atoms with E-state index in [4.69, 9.17) is 0 Å². The third kappa shape index (κ3) is 2.78. The van der Waals surface area contributed by atoms with Crippen LogP contribution in [0.5, 0.6) is 0 Å². The van der Waals surface area contributed by atoms with Crippen molar-refractivity contribution in [2.45, 2.75) is 19.8 Å². The number of rotatable bonds is 4. The lowest BCUT2D eigenvalue weighted by molar-refractivity contribution is 0.893. The molecule has 1 heterocycles. The minimum absolute atomic E-state index is 0.831. The van der Waals surface area contributed by atoms with Gasteiger partial charge in [0.2, 0.25) is 0 Å². The van der Waals surface area contributed by atoms with Crippen LogP contribution in [0.15, 0.2) is 43.1 Å². The minimum Gasteiger partial charge on any atom is -0.241 e. The smallest absolute Gasteiger partial charge is 0.128 e. The molecule has 0 spiro atoms. The van der Waals surface area contributed by atoms with Crippen molar-refractivity contribution >= 4 is 6.08 Å². The van der Waals surface area contributed by atoms with Gasteiger partial charge in [-0.15, -0.1) is 0 Å². The van der Waals surface area contributed by atoms with Crippen molar-refractivity contribution in [2.75, 3.05) is 0 Å². The van der Waals surface area contributed by atoms with Gasteiger partial charge in [-0.2, -0.15) is 0 Å². The van der Waals surface area contributed by atoms with Crippen molar-refractivity contribution in [2.24, 2.45) is 0 Å². The number of benzene rings is 1. The van der Waals surface area contributed by atoms with Gasteiger partial charge in [-0.05, 0) is 5.56 Å². The Labute approximate surface area is 102 Å². The Morgan fingerprint density at radius 3 is 2.65 bits per heavy atom. The molecule has 0 fully saturated rings. The normalized spacial score (nSPS) is 10.2. The second kappa shape index (κ2) is 5.39. The molecule has 0 aliphatic carbocycles. The second-order valence-electron chi connectivity index (χ2n) is 3.91. The molecule has 0 N–H and O–H groups in total. The summed E-state index contributed by atoms with van der Waals surface area (Å²) in [7, 11) is 0. The first-order chi connectivity index (χ1) is 8.33. The highest BCUT2D eigenvalue weighted by molar-refractivity contribution is 5.49. The lowest BCUT2D eigenvalue weighted by atomic mass is 10.1. The summed E-state index contributed by atoms with van der Waals surface area (Å²) in [4.78, 5) is 8.86. The van der Waals surface area contributed by atoms with E-state index >= 15 is 0 Å². The van der Waals surface area contributed by atoms with Crippen molar-refractivity contribution in [3.05, 3.63) is 65.8 Å². The van der Waals surface area contributed by atoms with Crippen LogP contribution in [0.4, 0.5) is 0 Å². The fourth-order valence-corrected chi connectivity index (χ4v) is 1.74. The zero-order chi connectivity index (χ0) is 12.1. The van der Waals surface area contributed by atoms with E-state index in [2.05, 4.69) is 35.6 Å². The molecule has 2 rings (SSSR count). The maximum Gasteiger partial charge on any atom is 0.128 e. The van der Waals surface area contributed by atoms with Crippen LogP contribution in [0.1, 0.15) is 29.6 Å². The van der Waals surface area contributed by atoms with Gasteiger partial charge in [0.05, 0.1) is 5.69 Å². The molecular weight excluding hydrogens is 208 g/mol. The third-order valence-electron chi connectivity index (χ3n) is 2.70. The van der Waals surface area contributed by atoms with Crippen molar-refractivity contribution < 1.29 is 0 Å². The summed E-state index contributed by atoms with van der Waals surface area (Å²) >= 11 is 0. The van der Waals surface area contributed by atoms with E-state index in [-0.39, 0.29) is 0 Å². The maximum atomic E-state index is 4.57. The van der Waals surface area contributed by atoms with E-state index in [1.165, 1.54) is 5.56 Å². The molecule has 0 saturated carbocycles. The minimum atomic E-state index is 0.831. The number of hydrogen-bond acceptors (Lipinski definition) is 2. The predicted octanol–water partition coefficient (Wildman–Crippen LogP) is 3.27. The van der Waals surface area contributed by atoms with Crippen LogP contribution in [0.3, 0.4) is 0 Å². The Morgan fingerprint density at radius 1 is 1.24 bits per heavy atom. The first-order valence-electron chi connectivity index (χ1n) is 5.84. The molecule has 2 heteroatoms. The zero-order valence-electron chi connectivity index (χ0n) is 10.1. The SMILES string of the molecule is C=Cc1cnc(CC)nc1Cc1ccccc1. The maximum absolute atomic E-state index is 4.57. The van der Waals surface area contributed by atoms with Crippen LogP contribution in [0, 0.1) is 0 Å². The van der Waals surface area contributed by atoms with Crippen molar-refractivity contribution in [1.82, 2.24) is 9.97 Å². The quantitative estimate of drug-likeness (QED) is 0.796. The summed E-state index contributed by atoms with van der Waals surface area (Å²) in [6.07, 6.45) is 5.37. The van der Waals surface area contributed by atoms with Gasteiger partial charge in [0.15, 0.2) is 0 Å². The van der Waals surface area contributed by atoms with Gasteiger partial charge in [0.1, 0.15) is 5.82 Å². The molecule has 0 atom stereocenters. The van der Waals surface area contributed by atoms with Gasteiger partial charge < -0.3 is 0 Å². The van der Waals surface area contributed by atoms with E-state index < -0.39 is 0 Å². The summed E-state index contributed by atoms with van der Waals surface area (Å²) in [6.45, 7) is 5.87. The molecule has 0 unspecified atom stereocenters. The van der Waals surface area contributed by atoms with E-state index in [1.54, 1.807) is 0 Å². The van der Waals surface area contributed by atoms with E-state index in [9.17, 15) is 0 Å². The fourth-order valence-electron chi connectivity index (χ4n) is 1.74. The highest BCUT2D eigenvalue weighted by atomic mass is 14.9. The van der Waals surface area contributed by atoms with Crippen LogP contribution < -0.4 is 0 Å². The molecule has 0 aliphatic rings. The zero-order valence-corrected chi connectivity index (χ0v) is 10.1. The van der Waals surface area contributed by atoms with Crippen LogP contribution in [0.25, 0.3) is 6.08 Å². The molecule has 0 bridgehead atoms. The van der Waals surface area contributed by atoms with Crippen LogP contribution in [-0.2, 0) is 12.8 Å². The van der Waals surface area contributed by atoms with Gasteiger partial charge in [-0.25, -0.2) is 9.97 Å². The topological polar surface area (TPSA) is 25.8 Å². The Balaban J connectivity index is 2.33. The highest BCUT2D eigenvalue weighted by Crippen LogP contribution is 2.13. The van der Waals surface area contributed by atoms with Crippen molar-refractivity contribution in [3.8, 4) is 0 Å². The molecule has 17 heavy (non-hydrogen) atoms. The van der Waals surface area contributed by atoms with Gasteiger partial charge in [-0.3, -0.25) is 0 Å². The molecule has 0 aliphatic heterocycles. The molecule has 0 radical (unpaired) electrons. The molecule has 2 nitrogen and oxygen atoms in total. The second-order valence-corrected chi connectivity index (χ2v) is 3.91. The summed E-state index contributed by atoms with van der Waals surface area (Å²) in [6, 6.07) is 10.3. The summed E-state index contributed by atoms with van der Waals surface area (Å²) < 4.78 is 0. The number of hydrogen-bond donors (Lipinski definition) is 0. The summed E-state index contributed by atoms with van der Waals surface area (Å²) in [5, 5.41) is 0. The van der Waals surface area contributed by atoms with E-state index in [0.29, 0.717) is 0 Å². The molecule has 2 aromatic rings. The molecule has 0 saturated heterocycles. The largest absolute Gasteiger partial charge is 0.241 e. The highest BCUT2D eigenvalue weighted by Gasteiger charge is 2.04. The Bertz CT molecular complexity index is 504. The number of aromatic nitrogens is 2. The van der Waals surface area contributed by atoms with Crippen molar-refractivity contribution in [3.63, 3.8) is 0 Å². The Kier molecular flexibility index (Phi) is 3.66. The van der Waals surface area contributed by atoms with E-state index in [1.807, 2.05) is 30.5 Å². The van der Waals surface area contributed by atoms with Crippen LogP contribution in [-0.4, -0.2) is 9.97 Å². The van der Waals surface area contributed by atoms with E-state index in [0.717, 1.165) is 29.9 Å². The monoisotopic (exact) mass is 224 g/mol. The standard InChI is InChI=1S/C15H16N2/c1-3-13-11-16-15(4-2)17-14(13)10-12-8-6-5-7-9-12/h3,5-9,11H,1,4,10H2,2H3. The lowest BCUT2D eigenvalue weighted by Gasteiger charge is -2.06. The Morgan fingerprint density at radius 2 is 2.00 bits per heavy atom. The van der Waals surface area contributed by atoms with Crippen molar-refractivity contribution in [1.29, 1.82) is 0 Å². The van der Waals surface area contributed by atoms with Crippen LogP contribution >= 0.6 is 0 Å². The first-order valence-corrected chi connectivity index (χ1v) is 5.84. The summed E-state index contributed by atoms with van der Waals surface area (Å²) in [5.41, 5.74) is 3.33. The third-order valence-corrected chi connectivity index (χ3v) is 2.70. The molecule has 1 aromatic carbocycles. The molecular formula is C15H16N2. The number of aryl methyl sites for hydroxylation is 1. The van der Waals surface area contributed by atoms with Gasteiger partial charge >= 0.3 is 0 Å². The first kappa shape index (κ1) is 11.5. The van der Waals surface area contributed by atoms with Gasteiger partial charge in [-0.1, -0.05) is 49.9 Å². The predicted molar refractivity (Wildman–Crippen MR) is 70.7 cm³/mol. The molecule has 0 amide bonds. The molecule has 86 valence electrons. The van der Waals surface area contributed by atoms with Gasteiger partial charge in [0.25, 0.3) is 0 Å². The molecule has 1 aromatic heterocycles. The fraction of sp³-hybridized carbons (Fsp3) is 0.200. The average molecular weight is 224 g/mol. The lowest BCUT2D eigenvalue weighted by Crippen LogP contribution is -2.02.